The van der Waals surface area contributed by atoms with E-state index in [4.69, 9.17) is 0 Å². The molecular weight excluding hydrogens is 346 g/mol. The van der Waals surface area contributed by atoms with Crippen molar-refractivity contribution in [2.24, 2.45) is 0 Å². The fraction of sp³-hybridized carbons (Fsp3) is 0.385. The van der Waals surface area contributed by atoms with E-state index in [0.717, 1.165) is 24.1 Å². The summed E-state index contributed by atoms with van der Waals surface area (Å²) >= 11 is 6.52. The van der Waals surface area contributed by atoms with Crippen LogP contribution in [0.15, 0.2) is 10.5 Å². The van der Waals surface area contributed by atoms with Crippen LogP contribution in [0.3, 0.4) is 0 Å². The van der Waals surface area contributed by atoms with Crippen LogP contribution in [-0.2, 0) is 5.41 Å². The Morgan fingerprint density at radius 2 is 2.00 bits per heavy atom. The summed E-state index contributed by atoms with van der Waals surface area (Å²) in [4.78, 5) is 18.5. The van der Waals surface area contributed by atoms with E-state index in [2.05, 4.69) is 20.9 Å². The Labute approximate surface area is 128 Å². The fourth-order valence-electron chi connectivity index (χ4n) is 1.52. The lowest BCUT2D eigenvalue weighted by Gasteiger charge is -2.13. The minimum absolute atomic E-state index is 0.142. The molecule has 0 atom stereocenters. The highest BCUT2D eigenvalue weighted by molar-refractivity contribution is 9.10. The molecular formula is C13H14BrNO2S2. The number of aromatic carboxylic acids is 1. The van der Waals surface area contributed by atoms with Gasteiger partial charge in [-0.25, -0.2) is 9.78 Å². The number of aryl methyl sites for hydroxylation is 1. The maximum absolute atomic E-state index is 11.4. The van der Waals surface area contributed by atoms with Crippen molar-refractivity contribution < 1.29 is 9.90 Å². The maximum atomic E-state index is 11.4. The molecule has 3 nitrogen and oxygen atoms in total. The Bertz CT molecular complexity index is 618. The molecule has 0 bridgehead atoms. The van der Waals surface area contributed by atoms with Crippen molar-refractivity contribution in [3.63, 3.8) is 0 Å². The van der Waals surface area contributed by atoms with E-state index in [1.165, 1.54) is 11.3 Å². The Morgan fingerprint density at radius 3 is 2.42 bits per heavy atom. The van der Waals surface area contributed by atoms with E-state index < -0.39 is 5.97 Å². The summed E-state index contributed by atoms with van der Waals surface area (Å²) in [5.74, 6) is -0.969. The molecule has 2 aromatic heterocycles. The molecule has 0 aliphatic rings. The third-order valence-corrected chi connectivity index (χ3v) is 6.35. The van der Waals surface area contributed by atoms with E-state index in [1.54, 1.807) is 11.3 Å². The van der Waals surface area contributed by atoms with Gasteiger partial charge in [-0.05, 0) is 28.9 Å². The predicted octanol–water partition coefficient (Wildman–Crippen LogP) is 4.94. The monoisotopic (exact) mass is 359 g/mol. The molecule has 6 heteroatoms. The SMILES string of the molecule is Cc1sc(-c2sc(C(C)(C)C)nc2C(=O)O)cc1Br. The van der Waals surface area contributed by atoms with E-state index in [1.807, 2.05) is 33.8 Å². The summed E-state index contributed by atoms with van der Waals surface area (Å²) in [6, 6.07) is 1.96. The van der Waals surface area contributed by atoms with Crippen molar-refractivity contribution in [1.82, 2.24) is 4.98 Å². The lowest BCUT2D eigenvalue weighted by Crippen LogP contribution is -2.11. The zero-order valence-corrected chi connectivity index (χ0v) is 14.3. The summed E-state index contributed by atoms with van der Waals surface area (Å²) in [5, 5.41) is 10.2. The first-order chi connectivity index (χ1) is 8.70. The highest BCUT2D eigenvalue weighted by Crippen LogP contribution is 2.41. The molecule has 2 aromatic rings. The predicted molar refractivity (Wildman–Crippen MR) is 83.5 cm³/mol. The zero-order chi connectivity index (χ0) is 14.4. The molecule has 0 saturated carbocycles. The number of carboxylic acids is 1. The van der Waals surface area contributed by atoms with E-state index >= 15 is 0 Å². The maximum Gasteiger partial charge on any atom is 0.356 e. The number of carboxylic acid groups (broad SMARTS) is 1. The van der Waals surface area contributed by atoms with Crippen LogP contribution in [0.1, 0.15) is 41.1 Å². The van der Waals surface area contributed by atoms with Crippen molar-refractivity contribution >= 4 is 44.6 Å². The molecule has 2 heterocycles. The molecule has 1 N–H and O–H groups in total. The van der Waals surface area contributed by atoms with E-state index in [0.29, 0.717) is 0 Å². The topological polar surface area (TPSA) is 50.2 Å². The first kappa shape index (κ1) is 14.7. The van der Waals surface area contributed by atoms with Gasteiger partial charge in [0.15, 0.2) is 5.69 Å². The molecule has 0 saturated heterocycles. The van der Waals surface area contributed by atoms with E-state index in [-0.39, 0.29) is 11.1 Å². The molecule has 0 aliphatic carbocycles. The number of thiophene rings is 1. The van der Waals surface area contributed by atoms with Gasteiger partial charge in [-0.3, -0.25) is 0 Å². The van der Waals surface area contributed by atoms with Crippen molar-refractivity contribution in [3.05, 3.63) is 26.1 Å². The average Bonchev–Trinajstić information content (AvgIpc) is 2.82. The largest absolute Gasteiger partial charge is 0.476 e. The van der Waals surface area contributed by atoms with Crippen LogP contribution >= 0.6 is 38.6 Å². The van der Waals surface area contributed by atoms with Gasteiger partial charge in [0, 0.05) is 19.6 Å². The van der Waals surface area contributed by atoms with Crippen LogP contribution in [0.5, 0.6) is 0 Å². The van der Waals surface area contributed by atoms with Gasteiger partial charge < -0.3 is 5.11 Å². The third-order valence-electron chi connectivity index (χ3n) is 2.55. The van der Waals surface area contributed by atoms with Crippen LogP contribution in [0.2, 0.25) is 0 Å². The molecule has 0 amide bonds. The van der Waals surface area contributed by atoms with Gasteiger partial charge in [-0.15, -0.1) is 22.7 Å². The molecule has 19 heavy (non-hydrogen) atoms. The van der Waals surface area contributed by atoms with Crippen LogP contribution in [0.25, 0.3) is 9.75 Å². The van der Waals surface area contributed by atoms with Gasteiger partial charge >= 0.3 is 5.97 Å². The molecule has 0 unspecified atom stereocenters. The van der Waals surface area contributed by atoms with Crippen molar-refractivity contribution in [2.75, 3.05) is 0 Å². The number of aromatic nitrogens is 1. The van der Waals surface area contributed by atoms with Crippen LogP contribution < -0.4 is 0 Å². The third kappa shape index (κ3) is 2.90. The number of rotatable bonds is 2. The second-order valence-electron chi connectivity index (χ2n) is 5.27. The first-order valence-electron chi connectivity index (χ1n) is 5.71. The van der Waals surface area contributed by atoms with Gasteiger partial charge in [-0.2, -0.15) is 0 Å². The summed E-state index contributed by atoms with van der Waals surface area (Å²) in [5.41, 5.74) is 0.0140. The molecule has 0 fully saturated rings. The van der Waals surface area contributed by atoms with Crippen LogP contribution in [0.4, 0.5) is 0 Å². The number of nitrogens with zero attached hydrogens (tertiary/aromatic N) is 1. The van der Waals surface area contributed by atoms with Gasteiger partial charge in [-0.1, -0.05) is 20.8 Å². The van der Waals surface area contributed by atoms with Crippen molar-refractivity contribution in [3.8, 4) is 9.75 Å². The number of halogens is 1. The number of hydrogen-bond donors (Lipinski definition) is 1. The number of hydrogen-bond acceptors (Lipinski definition) is 4. The fourth-order valence-corrected chi connectivity index (χ4v) is 4.28. The van der Waals surface area contributed by atoms with Crippen molar-refractivity contribution in [1.29, 1.82) is 0 Å². The highest BCUT2D eigenvalue weighted by atomic mass is 79.9. The Balaban J connectivity index is 2.61. The van der Waals surface area contributed by atoms with Crippen LogP contribution in [-0.4, -0.2) is 16.1 Å². The second kappa shape index (κ2) is 5.00. The Morgan fingerprint density at radius 1 is 1.37 bits per heavy atom. The smallest absolute Gasteiger partial charge is 0.356 e. The minimum Gasteiger partial charge on any atom is -0.476 e. The normalized spacial score (nSPS) is 11.8. The van der Waals surface area contributed by atoms with Gasteiger partial charge in [0.2, 0.25) is 0 Å². The average molecular weight is 360 g/mol. The molecule has 0 aliphatic heterocycles. The number of thiazole rings is 1. The van der Waals surface area contributed by atoms with Crippen LogP contribution in [0, 0.1) is 6.92 Å². The van der Waals surface area contributed by atoms with Gasteiger partial charge in [0.25, 0.3) is 0 Å². The van der Waals surface area contributed by atoms with E-state index in [9.17, 15) is 9.90 Å². The lowest BCUT2D eigenvalue weighted by molar-refractivity contribution is 0.0692. The molecule has 0 radical (unpaired) electrons. The second-order valence-corrected chi connectivity index (χ2v) is 8.38. The molecule has 2 rings (SSSR count). The van der Waals surface area contributed by atoms with Crippen molar-refractivity contribution in [2.45, 2.75) is 33.1 Å². The number of carbonyl (C=O) groups is 1. The zero-order valence-electron chi connectivity index (χ0n) is 11.1. The minimum atomic E-state index is -0.969. The Hall–Kier alpha value is -0.720. The summed E-state index contributed by atoms with van der Waals surface area (Å²) in [6.07, 6.45) is 0. The highest BCUT2D eigenvalue weighted by Gasteiger charge is 2.26. The molecule has 102 valence electrons. The summed E-state index contributed by atoms with van der Waals surface area (Å²) in [6.45, 7) is 8.12. The van der Waals surface area contributed by atoms with Gasteiger partial charge in [0.05, 0.1) is 9.88 Å². The lowest BCUT2D eigenvalue weighted by atomic mass is 9.98. The Kier molecular flexibility index (Phi) is 3.86. The first-order valence-corrected chi connectivity index (χ1v) is 8.13. The molecule has 0 aromatic carbocycles. The summed E-state index contributed by atoms with van der Waals surface area (Å²) in [7, 11) is 0. The standard InChI is InChI=1S/C13H14BrNO2S2/c1-6-7(14)5-8(18-6)10-9(11(16)17)15-12(19-10)13(2,3)4/h5H,1-4H3,(H,16,17). The summed E-state index contributed by atoms with van der Waals surface area (Å²) < 4.78 is 1.01. The quantitative estimate of drug-likeness (QED) is 0.825. The van der Waals surface area contributed by atoms with Gasteiger partial charge in [0.1, 0.15) is 0 Å². The molecule has 0 spiro atoms.